The zero-order valence-electron chi connectivity index (χ0n) is 12.8. The van der Waals surface area contributed by atoms with Gasteiger partial charge in [0, 0.05) is 38.7 Å². The monoisotopic (exact) mass is 285 g/mol. The van der Waals surface area contributed by atoms with Crippen molar-refractivity contribution in [2.24, 2.45) is 5.92 Å². The Labute approximate surface area is 121 Å². The Kier molecular flexibility index (Phi) is 5.63. The highest BCUT2D eigenvalue weighted by Gasteiger charge is 2.31. The molecular weight excluding hydrogens is 258 g/mol. The van der Waals surface area contributed by atoms with Gasteiger partial charge < -0.3 is 14.5 Å². The predicted octanol–water partition coefficient (Wildman–Crippen LogP) is 1.43. The fraction of sp³-hybridized carbons (Fsp3) is 0.929. The molecule has 2 aliphatic rings. The summed E-state index contributed by atoms with van der Waals surface area (Å²) in [5.74, 6) is 0.425. The van der Waals surface area contributed by atoms with Crippen LogP contribution in [0.3, 0.4) is 0 Å². The third kappa shape index (κ3) is 4.07. The molecule has 0 aromatic heterocycles. The summed E-state index contributed by atoms with van der Waals surface area (Å²) >= 11 is 0. The third-order valence-corrected chi connectivity index (χ3v) is 4.07. The molecule has 6 nitrogen and oxygen atoms in total. The molecule has 20 heavy (non-hydrogen) atoms. The average molecular weight is 285 g/mol. The molecule has 2 saturated heterocycles. The molecular formula is C14H27N3O3. The minimum atomic E-state index is -0.294. The molecule has 2 amide bonds. The minimum absolute atomic E-state index is 0.147. The number of likely N-dealkylation sites (N-methyl/N-ethyl adjacent to an activating group) is 1. The van der Waals surface area contributed by atoms with Gasteiger partial charge in [-0.3, -0.25) is 0 Å². The summed E-state index contributed by atoms with van der Waals surface area (Å²) in [6, 6.07) is 0.0793. The van der Waals surface area contributed by atoms with Gasteiger partial charge in [0.25, 0.3) is 0 Å². The maximum Gasteiger partial charge on any atom is 0.341 e. The summed E-state index contributed by atoms with van der Waals surface area (Å²) in [7, 11) is 2.09. The van der Waals surface area contributed by atoms with Crippen molar-refractivity contribution < 1.29 is 14.4 Å². The number of carbonyl (C=O) groups is 1. The lowest BCUT2D eigenvalue weighted by Crippen LogP contribution is -2.58. The Morgan fingerprint density at radius 2 is 2.15 bits per heavy atom. The largest absolute Gasteiger partial charge is 0.350 e. The molecule has 2 heterocycles. The molecule has 2 aliphatic heterocycles. The topological polar surface area (TPSA) is 54.0 Å². The van der Waals surface area contributed by atoms with E-state index >= 15 is 0 Å². The van der Waals surface area contributed by atoms with Gasteiger partial charge >= 0.3 is 6.03 Å². The van der Waals surface area contributed by atoms with Crippen molar-refractivity contribution in [2.45, 2.75) is 45.4 Å². The molecule has 0 radical (unpaired) electrons. The van der Waals surface area contributed by atoms with Crippen LogP contribution >= 0.6 is 0 Å². The van der Waals surface area contributed by atoms with Gasteiger partial charge in [0.2, 0.25) is 0 Å². The van der Waals surface area contributed by atoms with Crippen molar-refractivity contribution in [3.63, 3.8) is 0 Å². The Morgan fingerprint density at radius 3 is 2.80 bits per heavy atom. The van der Waals surface area contributed by atoms with Gasteiger partial charge in [0.05, 0.1) is 0 Å². The Bertz CT molecular complexity index is 319. The number of nitrogens with one attached hydrogen (secondary N) is 1. The molecule has 6 heteroatoms. The zero-order chi connectivity index (χ0) is 14.5. The highest BCUT2D eigenvalue weighted by molar-refractivity contribution is 5.73. The molecule has 0 aromatic rings. The van der Waals surface area contributed by atoms with Crippen molar-refractivity contribution in [1.29, 1.82) is 0 Å². The van der Waals surface area contributed by atoms with Crippen LogP contribution in [-0.2, 0) is 9.57 Å². The van der Waals surface area contributed by atoms with Crippen molar-refractivity contribution in [2.75, 3.05) is 33.3 Å². The number of piperazine rings is 1. The van der Waals surface area contributed by atoms with E-state index in [1.165, 1.54) is 0 Å². The first-order valence-electron chi connectivity index (χ1n) is 7.60. The quantitative estimate of drug-likeness (QED) is 0.797. The summed E-state index contributed by atoms with van der Waals surface area (Å²) in [6.07, 6.45) is 2.71. The van der Waals surface area contributed by atoms with Crippen LogP contribution in [0.4, 0.5) is 4.79 Å². The minimum Gasteiger partial charge on any atom is -0.350 e. The Hall–Kier alpha value is -0.850. The molecule has 116 valence electrons. The number of ether oxygens (including phenoxy) is 1. The van der Waals surface area contributed by atoms with E-state index in [9.17, 15) is 4.79 Å². The van der Waals surface area contributed by atoms with E-state index in [1.807, 2.05) is 4.90 Å². The van der Waals surface area contributed by atoms with Crippen LogP contribution in [0.25, 0.3) is 0 Å². The highest BCUT2D eigenvalue weighted by atomic mass is 16.8. The van der Waals surface area contributed by atoms with Gasteiger partial charge in [-0.1, -0.05) is 13.8 Å². The van der Waals surface area contributed by atoms with Gasteiger partial charge in [-0.05, 0) is 25.8 Å². The van der Waals surface area contributed by atoms with Crippen LogP contribution in [0, 0.1) is 5.92 Å². The van der Waals surface area contributed by atoms with Crippen molar-refractivity contribution in [1.82, 2.24) is 15.3 Å². The van der Waals surface area contributed by atoms with E-state index in [1.54, 1.807) is 0 Å². The highest BCUT2D eigenvalue weighted by Crippen LogP contribution is 2.17. The number of hydrogen-bond acceptors (Lipinski definition) is 4. The van der Waals surface area contributed by atoms with E-state index in [-0.39, 0.29) is 18.4 Å². The molecule has 0 unspecified atom stereocenters. The first-order valence-corrected chi connectivity index (χ1v) is 7.60. The lowest BCUT2D eigenvalue weighted by molar-refractivity contribution is -0.188. The Morgan fingerprint density at radius 1 is 1.35 bits per heavy atom. The zero-order valence-corrected chi connectivity index (χ0v) is 12.8. The molecule has 0 aromatic carbocycles. The summed E-state index contributed by atoms with van der Waals surface area (Å²) in [6.45, 7) is 7.55. The van der Waals surface area contributed by atoms with Gasteiger partial charge in [0.15, 0.2) is 6.29 Å². The van der Waals surface area contributed by atoms with Gasteiger partial charge in [-0.15, -0.1) is 0 Å². The average Bonchev–Trinajstić information content (AvgIpc) is 2.45. The van der Waals surface area contributed by atoms with Crippen LogP contribution in [0.15, 0.2) is 0 Å². The number of urea groups is 1. The number of rotatable bonds is 3. The molecule has 0 aliphatic carbocycles. The number of amides is 2. The van der Waals surface area contributed by atoms with E-state index in [0.717, 1.165) is 38.9 Å². The van der Waals surface area contributed by atoms with Crippen LogP contribution in [0.1, 0.15) is 33.1 Å². The smallest absolute Gasteiger partial charge is 0.341 e. The fourth-order valence-electron chi connectivity index (χ4n) is 2.76. The van der Waals surface area contributed by atoms with Crippen LogP contribution in [0.2, 0.25) is 0 Å². The lowest BCUT2D eigenvalue weighted by Gasteiger charge is -2.42. The third-order valence-electron chi connectivity index (χ3n) is 4.07. The molecule has 0 saturated carbocycles. The van der Waals surface area contributed by atoms with Crippen LogP contribution < -0.4 is 5.48 Å². The molecule has 1 N–H and O–H groups in total. The van der Waals surface area contributed by atoms with Crippen LogP contribution in [-0.4, -0.2) is 61.5 Å². The first kappa shape index (κ1) is 15.5. The maximum absolute atomic E-state index is 12.3. The second kappa shape index (κ2) is 7.24. The predicted molar refractivity (Wildman–Crippen MR) is 76.0 cm³/mol. The van der Waals surface area contributed by atoms with Gasteiger partial charge in [-0.2, -0.15) is 0 Å². The SMILES string of the molecule is CC(C)[C@@H]1CN(C)CCN1C(=O)NO[C@H]1CCCCO1. The van der Waals surface area contributed by atoms with Crippen molar-refractivity contribution in [3.05, 3.63) is 0 Å². The summed E-state index contributed by atoms with van der Waals surface area (Å²) in [5.41, 5.74) is 2.57. The number of hydroxylamine groups is 1. The normalized spacial score (nSPS) is 28.7. The number of nitrogens with zero attached hydrogens (tertiary/aromatic N) is 2. The number of hydrogen-bond donors (Lipinski definition) is 1. The molecule has 0 bridgehead atoms. The van der Waals surface area contributed by atoms with E-state index < -0.39 is 0 Å². The maximum atomic E-state index is 12.3. The number of carbonyl (C=O) groups excluding carboxylic acids is 1. The fourth-order valence-corrected chi connectivity index (χ4v) is 2.76. The first-order chi connectivity index (χ1) is 9.58. The van der Waals surface area contributed by atoms with E-state index in [4.69, 9.17) is 9.57 Å². The second-order valence-corrected chi connectivity index (χ2v) is 6.09. The van der Waals surface area contributed by atoms with Crippen LogP contribution in [0.5, 0.6) is 0 Å². The van der Waals surface area contributed by atoms with E-state index in [0.29, 0.717) is 12.5 Å². The molecule has 2 atom stereocenters. The van der Waals surface area contributed by atoms with E-state index in [2.05, 4.69) is 31.3 Å². The summed E-state index contributed by atoms with van der Waals surface area (Å²) in [4.78, 5) is 21.8. The molecule has 2 fully saturated rings. The van der Waals surface area contributed by atoms with Crippen molar-refractivity contribution in [3.8, 4) is 0 Å². The lowest BCUT2D eigenvalue weighted by atomic mass is 10.0. The standard InChI is InChI=1S/C14H27N3O3/c1-11(2)12-10-16(3)7-8-17(12)14(18)15-20-13-6-4-5-9-19-13/h11-13H,4-10H2,1-3H3,(H,15,18)/t12-,13-/m0/s1. The second-order valence-electron chi connectivity index (χ2n) is 6.09. The summed E-state index contributed by atoms with van der Waals surface area (Å²) < 4.78 is 5.44. The summed E-state index contributed by atoms with van der Waals surface area (Å²) in [5, 5.41) is 0. The van der Waals surface area contributed by atoms with Gasteiger partial charge in [0.1, 0.15) is 0 Å². The Balaban J connectivity index is 1.83. The van der Waals surface area contributed by atoms with Gasteiger partial charge in [-0.25, -0.2) is 15.1 Å². The van der Waals surface area contributed by atoms with Crippen molar-refractivity contribution >= 4 is 6.03 Å². The molecule has 0 spiro atoms. The molecule has 2 rings (SSSR count).